The summed E-state index contributed by atoms with van der Waals surface area (Å²) in [7, 11) is 1.70. The number of amides is 1. The van der Waals surface area contributed by atoms with E-state index in [9.17, 15) is 9.59 Å². The first-order valence-corrected chi connectivity index (χ1v) is 9.73. The minimum absolute atomic E-state index is 0.0639. The summed E-state index contributed by atoms with van der Waals surface area (Å²) in [5.74, 6) is -0.357. The van der Waals surface area contributed by atoms with Crippen molar-refractivity contribution in [3.8, 4) is 0 Å². The van der Waals surface area contributed by atoms with Crippen LogP contribution in [0.25, 0.3) is 0 Å². The van der Waals surface area contributed by atoms with E-state index in [2.05, 4.69) is 10.6 Å². The third kappa shape index (κ3) is 4.66. The Morgan fingerprint density at radius 3 is 2.32 bits per heavy atom. The molecule has 28 heavy (non-hydrogen) atoms. The van der Waals surface area contributed by atoms with Crippen molar-refractivity contribution in [1.82, 2.24) is 10.6 Å². The topological polar surface area (TPSA) is 67.4 Å². The summed E-state index contributed by atoms with van der Waals surface area (Å²) in [6.45, 7) is 4.96. The molecule has 1 aliphatic heterocycles. The minimum atomic E-state index is -0.218. The lowest BCUT2D eigenvalue weighted by atomic mass is 9.79. The molecule has 5 nitrogen and oxygen atoms in total. The van der Waals surface area contributed by atoms with Gasteiger partial charge in [0.2, 0.25) is 0 Å². The zero-order valence-corrected chi connectivity index (χ0v) is 16.6. The number of aryl methyl sites for hydroxylation is 1. The van der Waals surface area contributed by atoms with Gasteiger partial charge in [0.25, 0.3) is 5.91 Å². The van der Waals surface area contributed by atoms with Crippen LogP contribution in [0.5, 0.6) is 0 Å². The van der Waals surface area contributed by atoms with Gasteiger partial charge in [0.05, 0.1) is 12.2 Å². The number of carbonyl (C=O) groups excluding carboxylic acids is 2. The van der Waals surface area contributed by atoms with E-state index in [1.165, 1.54) is 0 Å². The molecule has 0 aliphatic carbocycles. The number of rotatable bonds is 7. The van der Waals surface area contributed by atoms with E-state index >= 15 is 0 Å². The van der Waals surface area contributed by atoms with Crippen molar-refractivity contribution >= 4 is 11.7 Å². The van der Waals surface area contributed by atoms with Crippen LogP contribution in [0.4, 0.5) is 0 Å². The molecule has 1 fully saturated rings. The molecule has 2 aromatic carbocycles. The van der Waals surface area contributed by atoms with Gasteiger partial charge >= 0.3 is 0 Å². The molecule has 5 heteroatoms. The van der Waals surface area contributed by atoms with Crippen LogP contribution in [0, 0.1) is 12.3 Å². The van der Waals surface area contributed by atoms with Crippen LogP contribution in [-0.4, -0.2) is 45.0 Å². The zero-order valence-electron chi connectivity index (χ0n) is 16.6. The summed E-state index contributed by atoms with van der Waals surface area (Å²) in [5, 5.41) is 6.40. The van der Waals surface area contributed by atoms with Crippen molar-refractivity contribution < 1.29 is 14.3 Å². The average molecular weight is 380 g/mol. The number of hydrogen-bond donors (Lipinski definition) is 2. The molecule has 3 rings (SSSR count). The van der Waals surface area contributed by atoms with Gasteiger partial charge in [-0.1, -0.05) is 48.0 Å². The van der Waals surface area contributed by atoms with E-state index in [4.69, 9.17) is 4.74 Å². The third-order valence-corrected chi connectivity index (χ3v) is 5.47. The second kappa shape index (κ2) is 9.13. The van der Waals surface area contributed by atoms with Gasteiger partial charge in [0.1, 0.15) is 0 Å². The summed E-state index contributed by atoms with van der Waals surface area (Å²) < 4.78 is 5.42. The van der Waals surface area contributed by atoms with Gasteiger partial charge < -0.3 is 15.4 Å². The van der Waals surface area contributed by atoms with Crippen molar-refractivity contribution in [2.75, 3.05) is 33.4 Å². The van der Waals surface area contributed by atoms with Gasteiger partial charge in [-0.3, -0.25) is 9.59 Å². The van der Waals surface area contributed by atoms with Gasteiger partial charge in [-0.05, 0) is 38.9 Å². The molecule has 1 aliphatic rings. The highest BCUT2D eigenvalue weighted by atomic mass is 16.5. The summed E-state index contributed by atoms with van der Waals surface area (Å²) in [6, 6.07) is 14.4. The lowest BCUT2D eigenvalue weighted by molar-refractivity contribution is 0.0511. The maximum atomic E-state index is 12.9. The fourth-order valence-corrected chi connectivity index (χ4v) is 3.74. The number of methoxy groups -OCH3 is 1. The van der Waals surface area contributed by atoms with Crippen molar-refractivity contribution in [2.45, 2.75) is 19.8 Å². The molecule has 0 spiro atoms. The van der Waals surface area contributed by atoms with Gasteiger partial charge in [0.15, 0.2) is 5.78 Å². The molecule has 2 N–H and O–H groups in total. The highest BCUT2D eigenvalue weighted by molar-refractivity contribution is 6.15. The number of nitrogens with one attached hydrogen (secondary N) is 2. The number of ether oxygens (including phenoxy) is 1. The van der Waals surface area contributed by atoms with Crippen LogP contribution in [0.15, 0.2) is 48.5 Å². The van der Waals surface area contributed by atoms with E-state index in [1.807, 2.05) is 19.1 Å². The van der Waals surface area contributed by atoms with E-state index in [1.54, 1.807) is 43.5 Å². The molecule has 0 aromatic heterocycles. The van der Waals surface area contributed by atoms with Crippen LogP contribution < -0.4 is 10.6 Å². The third-order valence-electron chi connectivity index (χ3n) is 5.47. The fourth-order valence-electron chi connectivity index (χ4n) is 3.74. The lowest BCUT2D eigenvalue weighted by Gasteiger charge is -2.37. The Hall–Kier alpha value is -2.50. The summed E-state index contributed by atoms with van der Waals surface area (Å²) in [6.07, 6.45) is 1.90. The number of benzene rings is 2. The SMILES string of the molecule is COCC1(CNC(=O)c2ccccc2C(=O)c2ccc(C)cc2)CCNCC1. The van der Waals surface area contributed by atoms with Gasteiger partial charge in [-0.25, -0.2) is 0 Å². The van der Waals surface area contributed by atoms with Crippen LogP contribution >= 0.6 is 0 Å². The molecular formula is C23H28N2O3. The maximum Gasteiger partial charge on any atom is 0.252 e. The van der Waals surface area contributed by atoms with Crippen LogP contribution in [-0.2, 0) is 4.74 Å². The normalized spacial score (nSPS) is 15.8. The van der Waals surface area contributed by atoms with Gasteiger partial charge in [0, 0.05) is 30.2 Å². The second-order valence-corrected chi connectivity index (χ2v) is 7.61. The first kappa shape index (κ1) is 20.2. The van der Waals surface area contributed by atoms with Gasteiger partial charge in [-0.2, -0.15) is 0 Å². The molecular weight excluding hydrogens is 352 g/mol. The standard InChI is InChI=1S/C23H28N2O3/c1-17-7-9-18(10-8-17)21(26)19-5-3-4-6-20(19)22(27)25-15-23(16-28-2)11-13-24-14-12-23/h3-10,24H,11-16H2,1-2H3,(H,25,27). The molecule has 2 aromatic rings. The van der Waals surface area contributed by atoms with E-state index < -0.39 is 0 Å². The molecule has 0 bridgehead atoms. The molecule has 0 unspecified atom stereocenters. The van der Waals surface area contributed by atoms with E-state index in [0.717, 1.165) is 31.5 Å². The maximum absolute atomic E-state index is 12.9. The van der Waals surface area contributed by atoms with Crippen molar-refractivity contribution in [3.05, 3.63) is 70.8 Å². The Morgan fingerprint density at radius 2 is 1.68 bits per heavy atom. The number of piperidine rings is 1. The Kier molecular flexibility index (Phi) is 6.60. The number of carbonyl (C=O) groups is 2. The fraction of sp³-hybridized carbons (Fsp3) is 0.391. The minimum Gasteiger partial charge on any atom is -0.384 e. The molecule has 0 radical (unpaired) electrons. The predicted molar refractivity (Wildman–Crippen MR) is 110 cm³/mol. The Morgan fingerprint density at radius 1 is 1.04 bits per heavy atom. The largest absolute Gasteiger partial charge is 0.384 e. The lowest BCUT2D eigenvalue weighted by Crippen LogP contribution is -2.47. The average Bonchev–Trinajstić information content (AvgIpc) is 2.73. The predicted octanol–water partition coefficient (Wildman–Crippen LogP) is 2.97. The molecule has 1 amide bonds. The van der Waals surface area contributed by atoms with E-state index in [-0.39, 0.29) is 17.1 Å². The monoisotopic (exact) mass is 380 g/mol. The summed E-state index contributed by atoms with van der Waals surface area (Å²) in [5.41, 5.74) is 2.45. The highest BCUT2D eigenvalue weighted by Crippen LogP contribution is 2.28. The second-order valence-electron chi connectivity index (χ2n) is 7.61. The molecule has 148 valence electrons. The zero-order chi connectivity index (χ0) is 20.0. The molecule has 0 atom stereocenters. The Labute approximate surface area is 166 Å². The Balaban J connectivity index is 1.77. The highest BCUT2D eigenvalue weighted by Gasteiger charge is 2.33. The number of ketones is 1. The number of hydrogen-bond acceptors (Lipinski definition) is 4. The first-order valence-electron chi connectivity index (χ1n) is 9.73. The van der Waals surface area contributed by atoms with Crippen molar-refractivity contribution in [1.29, 1.82) is 0 Å². The Bertz CT molecular complexity index is 818. The molecule has 0 saturated carbocycles. The molecule has 1 heterocycles. The quantitative estimate of drug-likeness (QED) is 0.725. The smallest absolute Gasteiger partial charge is 0.252 e. The van der Waals surface area contributed by atoms with Crippen molar-refractivity contribution in [2.24, 2.45) is 5.41 Å². The first-order chi connectivity index (χ1) is 13.5. The van der Waals surface area contributed by atoms with Crippen LogP contribution in [0.1, 0.15) is 44.7 Å². The van der Waals surface area contributed by atoms with Gasteiger partial charge in [-0.15, -0.1) is 0 Å². The summed E-state index contributed by atoms with van der Waals surface area (Å²) >= 11 is 0. The summed E-state index contributed by atoms with van der Waals surface area (Å²) in [4.78, 5) is 25.9. The molecule has 1 saturated heterocycles. The van der Waals surface area contributed by atoms with Crippen LogP contribution in [0.3, 0.4) is 0 Å². The van der Waals surface area contributed by atoms with Crippen LogP contribution in [0.2, 0.25) is 0 Å². The van der Waals surface area contributed by atoms with E-state index in [0.29, 0.717) is 29.8 Å². The van der Waals surface area contributed by atoms with Crippen molar-refractivity contribution in [3.63, 3.8) is 0 Å².